The summed E-state index contributed by atoms with van der Waals surface area (Å²) in [4.78, 5) is 36.5. The second-order valence-electron chi connectivity index (χ2n) is 8.40. The Morgan fingerprint density at radius 2 is 1.71 bits per heavy atom. The maximum Gasteiger partial charge on any atom is 0.311 e. The fourth-order valence-electron chi connectivity index (χ4n) is 4.20. The van der Waals surface area contributed by atoms with Crippen molar-refractivity contribution in [2.24, 2.45) is 13.0 Å². The van der Waals surface area contributed by atoms with Crippen molar-refractivity contribution in [1.29, 1.82) is 0 Å². The molecule has 2 atom stereocenters. The lowest BCUT2D eigenvalue weighted by molar-refractivity contribution is -0.145. The van der Waals surface area contributed by atoms with Crippen LogP contribution in [0.25, 0.3) is 0 Å². The molecule has 35 heavy (non-hydrogen) atoms. The molecule has 0 spiro atoms. The number of aromatic nitrogens is 1. The summed E-state index contributed by atoms with van der Waals surface area (Å²) < 4.78 is 84.2. The van der Waals surface area contributed by atoms with Gasteiger partial charge in [-0.3, -0.25) is 14.4 Å². The molecule has 2 aromatic rings. The van der Waals surface area contributed by atoms with Gasteiger partial charge in [-0.15, -0.1) is 0 Å². The van der Waals surface area contributed by atoms with Gasteiger partial charge >= 0.3 is 11.8 Å². The van der Waals surface area contributed by atoms with E-state index >= 15 is 4.39 Å². The molecule has 3 N–H and O–H groups in total. The molecular weight excluding hydrogens is 498 g/mol. The first-order valence-electron chi connectivity index (χ1n) is 10.2. The molecule has 4 rings (SSSR count). The van der Waals surface area contributed by atoms with Crippen LogP contribution >= 0.6 is 0 Å². The minimum atomic E-state index is -4.53. The van der Waals surface area contributed by atoms with Crippen LogP contribution in [0.5, 0.6) is 0 Å². The van der Waals surface area contributed by atoms with Crippen molar-refractivity contribution in [2.45, 2.75) is 16.9 Å². The number of anilines is 1. The number of amides is 3. The van der Waals surface area contributed by atoms with Crippen LogP contribution in [0, 0.1) is 29.2 Å². The van der Waals surface area contributed by atoms with Crippen molar-refractivity contribution in [3.05, 3.63) is 47.3 Å². The van der Waals surface area contributed by atoms with Crippen LogP contribution in [-0.2, 0) is 26.7 Å². The van der Waals surface area contributed by atoms with Gasteiger partial charge in [0, 0.05) is 51.2 Å². The number of aryl methyl sites for hydroxylation is 1. The minimum absolute atomic E-state index is 0.0906. The van der Waals surface area contributed by atoms with Crippen molar-refractivity contribution in [1.82, 2.24) is 19.5 Å². The van der Waals surface area contributed by atoms with E-state index in [0.29, 0.717) is 18.6 Å². The van der Waals surface area contributed by atoms with E-state index < -0.39 is 72.8 Å². The molecule has 0 bridgehead atoms. The molecule has 1 aliphatic carbocycles. The van der Waals surface area contributed by atoms with E-state index in [4.69, 9.17) is 0 Å². The molecule has 15 heteroatoms. The summed E-state index contributed by atoms with van der Waals surface area (Å²) in [5.74, 6) is -9.53. The number of likely N-dealkylation sites (N-methyl/N-ethyl adjacent to an activating group) is 1. The van der Waals surface area contributed by atoms with E-state index in [1.54, 1.807) is 0 Å². The molecule has 2 heterocycles. The van der Waals surface area contributed by atoms with Gasteiger partial charge in [0.25, 0.3) is 5.91 Å². The topological polar surface area (TPSA) is 130 Å². The van der Waals surface area contributed by atoms with E-state index in [0.717, 1.165) is 10.8 Å². The van der Waals surface area contributed by atoms with E-state index in [9.17, 15) is 36.0 Å². The molecule has 2 unspecified atom stereocenters. The third-order valence-corrected chi connectivity index (χ3v) is 7.56. The summed E-state index contributed by atoms with van der Waals surface area (Å²) in [7, 11) is -2.06. The van der Waals surface area contributed by atoms with E-state index in [1.165, 1.54) is 19.0 Å². The van der Waals surface area contributed by atoms with Crippen molar-refractivity contribution in [3.8, 4) is 0 Å². The summed E-state index contributed by atoms with van der Waals surface area (Å²) in [6, 6.07) is 0.962. The van der Waals surface area contributed by atoms with Gasteiger partial charge in [-0.1, -0.05) is 0 Å². The Morgan fingerprint density at radius 1 is 1.09 bits per heavy atom. The first kappa shape index (κ1) is 24.7. The number of fused-ring (bicyclic) bond motifs is 1. The average molecular weight is 517 g/mol. The first-order chi connectivity index (χ1) is 16.3. The maximum absolute atomic E-state index is 15.1. The molecular formula is C20H19F4N5O5S. The van der Waals surface area contributed by atoms with Gasteiger partial charge in [0.05, 0.1) is 5.54 Å². The van der Waals surface area contributed by atoms with E-state index in [2.05, 4.69) is 10.0 Å². The molecule has 1 aliphatic heterocycles. The van der Waals surface area contributed by atoms with Gasteiger partial charge in [-0.2, -0.15) is 0 Å². The monoisotopic (exact) mass is 517 g/mol. The smallest absolute Gasteiger partial charge is 0.311 e. The van der Waals surface area contributed by atoms with Crippen LogP contribution in [0.4, 0.5) is 23.2 Å². The highest BCUT2D eigenvalue weighted by Gasteiger charge is 2.63. The van der Waals surface area contributed by atoms with Crippen LogP contribution in [0.3, 0.4) is 0 Å². The van der Waals surface area contributed by atoms with Gasteiger partial charge in [0.1, 0.15) is 10.6 Å². The molecule has 2 aliphatic rings. The maximum atomic E-state index is 15.1. The lowest BCUT2D eigenvalue weighted by Gasteiger charge is -2.20. The quantitative estimate of drug-likeness (QED) is 0.302. The van der Waals surface area contributed by atoms with Crippen molar-refractivity contribution in [3.63, 3.8) is 0 Å². The number of benzene rings is 1. The van der Waals surface area contributed by atoms with Gasteiger partial charge in [-0.05, 0) is 12.3 Å². The van der Waals surface area contributed by atoms with Crippen molar-refractivity contribution < 1.29 is 40.4 Å². The lowest BCUT2D eigenvalue weighted by Crippen LogP contribution is -2.46. The number of nitrogens with one attached hydrogen (secondary N) is 3. The first-order valence-corrected chi connectivity index (χ1v) is 11.6. The zero-order valence-corrected chi connectivity index (χ0v) is 19.1. The number of sulfonamides is 1. The molecule has 188 valence electrons. The Bertz CT molecular complexity index is 1360. The molecule has 10 nitrogen and oxygen atoms in total. The lowest BCUT2D eigenvalue weighted by atomic mass is 10.2. The van der Waals surface area contributed by atoms with E-state index in [1.807, 2.05) is 5.32 Å². The zero-order chi connectivity index (χ0) is 25.9. The summed E-state index contributed by atoms with van der Waals surface area (Å²) in [5.41, 5.74) is -2.35. The molecule has 3 amide bonds. The molecule has 0 radical (unpaired) electrons. The molecule has 2 fully saturated rings. The van der Waals surface area contributed by atoms with Crippen LogP contribution in [0.1, 0.15) is 16.9 Å². The van der Waals surface area contributed by atoms with Crippen molar-refractivity contribution in [2.75, 3.05) is 25.5 Å². The average Bonchev–Trinajstić information content (AvgIpc) is 3.13. The predicted molar refractivity (Wildman–Crippen MR) is 111 cm³/mol. The number of rotatable bonds is 5. The number of hydrogen-bond acceptors (Lipinski definition) is 5. The minimum Gasteiger partial charge on any atom is -0.351 e. The van der Waals surface area contributed by atoms with Crippen molar-refractivity contribution >= 4 is 33.4 Å². The molecule has 1 aromatic heterocycles. The van der Waals surface area contributed by atoms with Gasteiger partial charge in [0.2, 0.25) is 10.0 Å². The molecule has 1 saturated heterocycles. The molecule has 1 saturated carbocycles. The van der Waals surface area contributed by atoms with Crippen LogP contribution in [0.15, 0.2) is 23.2 Å². The number of likely N-dealkylation sites (tertiary alicyclic amines) is 1. The standard InChI is InChI=1S/C20H19F4N5O5S/c1-25-18(31)19(32)29-6-9-5-20(9,8-29)27-35(33,34)13-7-28(2)16(15(13)24)17(30)26-10-3-11(21)14(23)12(22)4-10/h3-4,7,9,27H,5-6,8H2,1-2H3,(H,25,31)(H,26,30). The number of halogens is 4. The van der Waals surface area contributed by atoms with Gasteiger partial charge in [-0.25, -0.2) is 30.7 Å². The van der Waals surface area contributed by atoms with Crippen LogP contribution in [0.2, 0.25) is 0 Å². The number of carbonyl (C=O) groups is 3. The number of piperidine rings is 1. The Balaban J connectivity index is 1.54. The normalized spacial score (nSPS) is 21.0. The number of nitrogens with zero attached hydrogens (tertiary/aromatic N) is 2. The Kier molecular flexibility index (Phi) is 5.87. The van der Waals surface area contributed by atoms with Gasteiger partial charge in [0.15, 0.2) is 23.3 Å². The highest BCUT2D eigenvalue weighted by Crippen LogP contribution is 2.50. The fraction of sp³-hybridized carbons (Fsp3) is 0.350. The SMILES string of the molecule is CNC(=O)C(=O)N1CC2CC2(NS(=O)(=O)c2cn(C)c(C(=O)Nc3cc(F)c(F)c(F)c3)c2F)C1. The molecule has 1 aromatic carbocycles. The Morgan fingerprint density at radius 3 is 2.31 bits per heavy atom. The summed E-state index contributed by atoms with van der Waals surface area (Å²) in [5, 5.41) is 4.19. The second kappa shape index (κ2) is 8.34. The third kappa shape index (κ3) is 4.25. The fourth-order valence-corrected chi connectivity index (χ4v) is 5.79. The predicted octanol–water partition coefficient (Wildman–Crippen LogP) is 0.459. The zero-order valence-electron chi connectivity index (χ0n) is 18.3. The second-order valence-corrected chi connectivity index (χ2v) is 10.1. The third-order valence-electron chi connectivity index (χ3n) is 6.03. The van der Waals surface area contributed by atoms with Gasteiger partial charge < -0.3 is 20.1 Å². The largest absolute Gasteiger partial charge is 0.351 e. The summed E-state index contributed by atoms with van der Waals surface area (Å²) in [6.45, 7) is 0.0527. The Hall–Kier alpha value is -3.46. The summed E-state index contributed by atoms with van der Waals surface area (Å²) in [6.07, 6.45) is 1.21. The highest BCUT2D eigenvalue weighted by atomic mass is 32.2. The van der Waals surface area contributed by atoms with Crippen LogP contribution < -0.4 is 15.4 Å². The number of carbonyl (C=O) groups excluding carboxylic acids is 3. The highest BCUT2D eigenvalue weighted by molar-refractivity contribution is 7.89. The van der Waals surface area contributed by atoms with E-state index in [-0.39, 0.29) is 19.0 Å². The van der Waals surface area contributed by atoms with Crippen LogP contribution in [-0.4, -0.2) is 61.3 Å². The number of hydrogen-bond donors (Lipinski definition) is 3. The summed E-state index contributed by atoms with van der Waals surface area (Å²) >= 11 is 0. The Labute approximate surface area is 196 Å².